The van der Waals surface area contributed by atoms with Gasteiger partial charge in [0, 0.05) is 37.0 Å². The fraction of sp³-hybridized carbons (Fsp3) is 0.278. The molecule has 0 radical (unpaired) electrons. The van der Waals surface area contributed by atoms with Crippen LogP contribution in [0.5, 0.6) is 0 Å². The molecule has 0 spiro atoms. The Balaban J connectivity index is 1.53. The maximum atomic E-state index is 12.9. The van der Waals surface area contributed by atoms with Crippen LogP contribution in [-0.4, -0.2) is 28.9 Å². The Morgan fingerprint density at radius 3 is 2.88 bits per heavy atom. The summed E-state index contributed by atoms with van der Waals surface area (Å²) >= 11 is 0. The average molecular weight is 342 g/mol. The summed E-state index contributed by atoms with van der Waals surface area (Å²) < 4.78 is 12.9. The largest absolute Gasteiger partial charge is 0.344 e. The molecule has 1 aliphatic rings. The first-order chi connectivity index (χ1) is 12.0. The van der Waals surface area contributed by atoms with Crippen molar-refractivity contribution in [2.75, 3.05) is 5.32 Å². The molecule has 1 aromatic heterocycles. The SMILES string of the molecule is N[C@@H](CC(=O)NC1Cc2cnccc2NC1=O)Cc1ccc(F)cc1. The number of fused-ring (bicyclic) bond motifs is 1. The molecule has 2 amide bonds. The van der Waals surface area contributed by atoms with Crippen LogP contribution < -0.4 is 16.4 Å². The second-order valence-electron chi connectivity index (χ2n) is 6.14. The number of anilines is 1. The lowest BCUT2D eigenvalue weighted by Gasteiger charge is -2.25. The van der Waals surface area contributed by atoms with E-state index in [0.717, 1.165) is 16.8 Å². The lowest BCUT2D eigenvalue weighted by molar-refractivity contribution is -0.126. The van der Waals surface area contributed by atoms with E-state index >= 15 is 0 Å². The minimum absolute atomic E-state index is 0.0844. The minimum Gasteiger partial charge on any atom is -0.344 e. The zero-order valence-corrected chi connectivity index (χ0v) is 13.5. The van der Waals surface area contributed by atoms with E-state index in [0.29, 0.717) is 12.8 Å². The van der Waals surface area contributed by atoms with Gasteiger partial charge < -0.3 is 16.4 Å². The molecule has 1 unspecified atom stereocenters. The number of carbonyl (C=O) groups is 2. The normalized spacial score (nSPS) is 17.4. The molecule has 0 saturated carbocycles. The predicted molar refractivity (Wildman–Crippen MR) is 91.2 cm³/mol. The number of nitrogens with one attached hydrogen (secondary N) is 2. The first-order valence-corrected chi connectivity index (χ1v) is 8.04. The maximum Gasteiger partial charge on any atom is 0.247 e. The molecule has 7 heteroatoms. The molecule has 0 bridgehead atoms. The molecule has 0 aliphatic carbocycles. The minimum atomic E-state index is -0.637. The van der Waals surface area contributed by atoms with E-state index in [1.54, 1.807) is 30.6 Å². The molecule has 2 heterocycles. The predicted octanol–water partition coefficient (Wildman–Crippen LogP) is 1.16. The summed E-state index contributed by atoms with van der Waals surface area (Å²) in [7, 11) is 0. The monoisotopic (exact) mass is 342 g/mol. The fourth-order valence-electron chi connectivity index (χ4n) is 2.85. The number of benzene rings is 1. The van der Waals surface area contributed by atoms with Crippen LogP contribution in [-0.2, 0) is 22.4 Å². The molecular formula is C18H19FN4O2. The second-order valence-corrected chi connectivity index (χ2v) is 6.14. The summed E-state index contributed by atoms with van der Waals surface area (Å²) in [5.74, 6) is -0.852. The van der Waals surface area contributed by atoms with Crippen LogP contribution in [0.25, 0.3) is 0 Å². The Bertz CT molecular complexity index is 779. The number of carbonyl (C=O) groups excluding carboxylic acids is 2. The highest BCUT2D eigenvalue weighted by Gasteiger charge is 2.27. The summed E-state index contributed by atoms with van der Waals surface area (Å²) in [4.78, 5) is 28.3. The molecule has 1 aliphatic heterocycles. The van der Waals surface area contributed by atoms with Gasteiger partial charge in [-0.2, -0.15) is 0 Å². The zero-order chi connectivity index (χ0) is 17.8. The Kier molecular flexibility index (Phi) is 5.04. The topological polar surface area (TPSA) is 97.1 Å². The number of rotatable bonds is 5. The first kappa shape index (κ1) is 17.0. The number of amides is 2. The summed E-state index contributed by atoms with van der Waals surface area (Å²) in [6.45, 7) is 0. The maximum absolute atomic E-state index is 12.9. The summed E-state index contributed by atoms with van der Waals surface area (Å²) in [6.07, 6.45) is 4.22. The Morgan fingerprint density at radius 2 is 2.12 bits per heavy atom. The van der Waals surface area contributed by atoms with E-state index in [-0.39, 0.29) is 24.1 Å². The van der Waals surface area contributed by atoms with E-state index in [1.807, 2.05) is 0 Å². The van der Waals surface area contributed by atoms with Gasteiger partial charge in [-0.15, -0.1) is 0 Å². The van der Waals surface area contributed by atoms with Crippen molar-refractivity contribution in [3.8, 4) is 0 Å². The van der Waals surface area contributed by atoms with E-state index < -0.39 is 12.1 Å². The number of hydrogen-bond acceptors (Lipinski definition) is 4. The van der Waals surface area contributed by atoms with Gasteiger partial charge in [0.1, 0.15) is 11.9 Å². The molecule has 4 N–H and O–H groups in total. The highest BCUT2D eigenvalue weighted by atomic mass is 19.1. The Morgan fingerprint density at radius 1 is 1.36 bits per heavy atom. The van der Waals surface area contributed by atoms with Crippen molar-refractivity contribution >= 4 is 17.5 Å². The number of pyridine rings is 1. The van der Waals surface area contributed by atoms with Crippen LogP contribution in [0.2, 0.25) is 0 Å². The first-order valence-electron chi connectivity index (χ1n) is 8.04. The lowest BCUT2D eigenvalue weighted by atomic mass is 10.00. The van der Waals surface area contributed by atoms with Crippen molar-refractivity contribution in [1.29, 1.82) is 0 Å². The van der Waals surface area contributed by atoms with Crippen molar-refractivity contribution in [3.05, 3.63) is 59.7 Å². The van der Waals surface area contributed by atoms with E-state index in [1.165, 1.54) is 12.1 Å². The summed E-state index contributed by atoms with van der Waals surface area (Å²) in [5.41, 5.74) is 8.45. The van der Waals surface area contributed by atoms with Crippen LogP contribution in [0.1, 0.15) is 17.5 Å². The van der Waals surface area contributed by atoms with Crippen molar-refractivity contribution in [3.63, 3.8) is 0 Å². The van der Waals surface area contributed by atoms with Gasteiger partial charge in [-0.05, 0) is 35.7 Å². The molecule has 2 atom stereocenters. The van der Waals surface area contributed by atoms with Gasteiger partial charge in [-0.3, -0.25) is 14.6 Å². The van der Waals surface area contributed by atoms with Gasteiger partial charge in [0.05, 0.1) is 0 Å². The van der Waals surface area contributed by atoms with Gasteiger partial charge in [0.15, 0.2) is 0 Å². The van der Waals surface area contributed by atoms with Crippen LogP contribution in [0.3, 0.4) is 0 Å². The van der Waals surface area contributed by atoms with Crippen molar-refractivity contribution in [2.24, 2.45) is 5.73 Å². The van der Waals surface area contributed by atoms with Gasteiger partial charge >= 0.3 is 0 Å². The molecule has 0 saturated heterocycles. The number of hydrogen-bond donors (Lipinski definition) is 3. The van der Waals surface area contributed by atoms with Crippen molar-refractivity contribution in [1.82, 2.24) is 10.3 Å². The quantitative estimate of drug-likeness (QED) is 0.759. The van der Waals surface area contributed by atoms with Crippen molar-refractivity contribution < 1.29 is 14.0 Å². The molecule has 25 heavy (non-hydrogen) atoms. The second kappa shape index (κ2) is 7.40. The number of aromatic nitrogens is 1. The Hall–Kier alpha value is -2.80. The highest BCUT2D eigenvalue weighted by Crippen LogP contribution is 2.20. The molecule has 0 fully saturated rings. The Labute approximate surface area is 144 Å². The number of halogens is 1. The molecule has 2 aromatic rings. The van der Waals surface area contributed by atoms with Gasteiger partial charge in [-0.25, -0.2) is 4.39 Å². The van der Waals surface area contributed by atoms with E-state index in [4.69, 9.17) is 5.73 Å². The molecule has 1 aromatic carbocycles. The number of nitrogens with zero attached hydrogens (tertiary/aromatic N) is 1. The summed E-state index contributed by atoms with van der Waals surface area (Å²) in [5, 5.41) is 5.47. The van der Waals surface area contributed by atoms with Gasteiger partial charge in [0.2, 0.25) is 11.8 Å². The molecular weight excluding hydrogens is 323 g/mol. The van der Waals surface area contributed by atoms with E-state index in [9.17, 15) is 14.0 Å². The average Bonchev–Trinajstić information content (AvgIpc) is 2.57. The molecule has 3 rings (SSSR count). The third-order valence-electron chi connectivity index (χ3n) is 4.10. The van der Waals surface area contributed by atoms with Crippen LogP contribution in [0, 0.1) is 5.82 Å². The third kappa shape index (κ3) is 4.39. The van der Waals surface area contributed by atoms with Crippen LogP contribution in [0.15, 0.2) is 42.7 Å². The highest BCUT2D eigenvalue weighted by molar-refractivity contribution is 5.99. The van der Waals surface area contributed by atoms with Gasteiger partial charge in [-0.1, -0.05) is 12.1 Å². The third-order valence-corrected chi connectivity index (χ3v) is 4.10. The van der Waals surface area contributed by atoms with Crippen LogP contribution in [0.4, 0.5) is 10.1 Å². The summed E-state index contributed by atoms with van der Waals surface area (Å²) in [6, 6.07) is 6.69. The van der Waals surface area contributed by atoms with E-state index in [2.05, 4.69) is 15.6 Å². The molecule has 130 valence electrons. The van der Waals surface area contributed by atoms with Gasteiger partial charge in [0.25, 0.3) is 0 Å². The fourth-order valence-corrected chi connectivity index (χ4v) is 2.85. The van der Waals surface area contributed by atoms with Crippen molar-refractivity contribution in [2.45, 2.75) is 31.3 Å². The smallest absolute Gasteiger partial charge is 0.247 e. The number of nitrogens with two attached hydrogens (primary N) is 1. The molecule has 6 nitrogen and oxygen atoms in total. The zero-order valence-electron chi connectivity index (χ0n) is 13.5. The lowest BCUT2D eigenvalue weighted by Crippen LogP contribution is -2.48. The van der Waals surface area contributed by atoms with Crippen LogP contribution >= 0.6 is 0 Å². The standard InChI is InChI=1S/C18H19FN4O2/c19-13-3-1-11(2-4-13)7-14(20)9-17(24)22-16-8-12-10-21-6-5-15(12)23-18(16)25/h1-6,10,14,16H,7-9,20H2,(H,22,24)(H,23,25)/t14-,16?/m1/s1.